The van der Waals surface area contributed by atoms with Crippen molar-refractivity contribution >= 4 is 55.6 Å². The van der Waals surface area contributed by atoms with Crippen LogP contribution in [0.15, 0.2) is 0 Å². The predicted octanol–water partition coefficient (Wildman–Crippen LogP) is -2.52. The van der Waals surface area contributed by atoms with Crippen LogP contribution in [0.5, 0.6) is 0 Å². The van der Waals surface area contributed by atoms with Gasteiger partial charge >= 0.3 is 20.2 Å². The number of aliphatic hydroxyl groups is 4. The van der Waals surface area contributed by atoms with E-state index in [1.54, 1.807) is 0 Å². The summed E-state index contributed by atoms with van der Waals surface area (Å²) in [5, 5.41) is 37.8. The molecule has 0 aromatic heterocycles. The standard InChI is InChI=1S/C6H15O12P3S3/c7-3-2(16-6(10)5(9)4(3)8)1-15-20(13,23)18-21(14,24)17-19(11,12)22/h2-10H,1H2,(H,13,23)(H,14,24)(H2,11,12,22)/t2-,3-,4+,5+,6?,20?,21?/m1/s1. The summed E-state index contributed by atoms with van der Waals surface area (Å²) in [7, 11) is 0. The zero-order valence-electron chi connectivity index (χ0n) is 11.4. The molecule has 0 amide bonds. The quantitative estimate of drug-likeness (QED) is 0.182. The molecule has 1 aliphatic heterocycles. The van der Waals surface area contributed by atoms with Gasteiger partial charge in [0.1, 0.15) is 24.4 Å². The Morgan fingerprint density at radius 2 is 1.33 bits per heavy atom. The van der Waals surface area contributed by atoms with Crippen molar-refractivity contribution in [2.45, 2.75) is 30.7 Å². The first kappa shape index (κ1) is 23.5. The molecule has 0 saturated carbocycles. The lowest BCUT2D eigenvalue weighted by Crippen LogP contribution is -2.58. The minimum absolute atomic E-state index is 0.739. The van der Waals surface area contributed by atoms with Crippen LogP contribution in [-0.2, 0) is 53.3 Å². The van der Waals surface area contributed by atoms with E-state index in [0.29, 0.717) is 0 Å². The van der Waals surface area contributed by atoms with E-state index in [9.17, 15) is 30.2 Å². The number of aliphatic hydroxyl groups excluding tert-OH is 4. The molecule has 1 saturated heterocycles. The zero-order valence-corrected chi connectivity index (χ0v) is 16.5. The molecule has 0 radical (unpaired) electrons. The molecule has 0 aromatic carbocycles. The Morgan fingerprint density at radius 3 is 1.83 bits per heavy atom. The maximum Gasteiger partial charge on any atom is 0.339 e. The molecule has 1 rings (SSSR count). The summed E-state index contributed by atoms with van der Waals surface area (Å²) in [5.74, 6) is 0. The monoisotopic (exact) mass is 468 g/mol. The van der Waals surface area contributed by atoms with E-state index < -0.39 is 57.5 Å². The Kier molecular flexibility index (Phi) is 8.48. The Labute approximate surface area is 151 Å². The summed E-state index contributed by atoms with van der Waals surface area (Å²) in [6.07, 6.45) is -8.49. The first-order valence-corrected chi connectivity index (χ1v) is 13.6. The van der Waals surface area contributed by atoms with Crippen molar-refractivity contribution in [1.82, 2.24) is 0 Å². The fourth-order valence-electron chi connectivity index (χ4n) is 1.54. The lowest BCUT2D eigenvalue weighted by molar-refractivity contribution is -0.285. The second-order valence-corrected chi connectivity index (χ2v) is 13.0. The van der Waals surface area contributed by atoms with E-state index >= 15 is 0 Å². The van der Waals surface area contributed by atoms with Gasteiger partial charge in [-0.05, 0) is 35.4 Å². The van der Waals surface area contributed by atoms with Gasteiger partial charge in [0.25, 0.3) is 0 Å². The molecule has 0 aromatic rings. The fraction of sp³-hybridized carbons (Fsp3) is 1.00. The van der Waals surface area contributed by atoms with Crippen LogP contribution < -0.4 is 0 Å². The largest absolute Gasteiger partial charge is 0.387 e. The van der Waals surface area contributed by atoms with Gasteiger partial charge in [-0.25, -0.2) is 8.62 Å². The summed E-state index contributed by atoms with van der Waals surface area (Å²) in [6, 6.07) is 0. The van der Waals surface area contributed by atoms with E-state index in [-0.39, 0.29) is 0 Å². The van der Waals surface area contributed by atoms with Gasteiger partial charge < -0.3 is 49.3 Å². The normalized spacial score (nSPS) is 36.8. The molecular formula is C6H15O12P3S3. The molecule has 0 bridgehead atoms. The van der Waals surface area contributed by atoms with Crippen molar-refractivity contribution in [3.05, 3.63) is 0 Å². The Hall–Kier alpha value is 1.47. The average molecular weight is 468 g/mol. The molecule has 8 N–H and O–H groups in total. The molecule has 1 aliphatic rings. The number of hydrogen-bond acceptors (Lipinski definition) is 11. The van der Waals surface area contributed by atoms with Crippen LogP contribution in [0.4, 0.5) is 0 Å². The van der Waals surface area contributed by atoms with Crippen LogP contribution in [0.25, 0.3) is 0 Å². The van der Waals surface area contributed by atoms with Crippen LogP contribution >= 0.6 is 20.2 Å². The second-order valence-electron chi connectivity index (χ2n) is 4.42. The van der Waals surface area contributed by atoms with Crippen molar-refractivity contribution in [3.8, 4) is 0 Å². The number of hydrogen-bond donors (Lipinski definition) is 8. The maximum atomic E-state index is 9.75. The summed E-state index contributed by atoms with van der Waals surface area (Å²) in [6.45, 7) is -13.9. The van der Waals surface area contributed by atoms with E-state index in [1.165, 1.54) is 0 Å². The molecule has 0 aliphatic carbocycles. The average Bonchev–Trinajstić information content (AvgIpc) is 2.34. The molecule has 7 atom stereocenters. The molecule has 18 heteroatoms. The highest BCUT2D eigenvalue weighted by atomic mass is 32.5. The molecule has 24 heavy (non-hydrogen) atoms. The fourth-order valence-corrected chi connectivity index (χ4v) is 8.79. The van der Waals surface area contributed by atoms with E-state index in [0.717, 1.165) is 0 Å². The lowest BCUT2D eigenvalue weighted by Gasteiger charge is -2.38. The van der Waals surface area contributed by atoms with Crippen molar-refractivity contribution in [1.29, 1.82) is 0 Å². The van der Waals surface area contributed by atoms with E-state index in [2.05, 4.69) is 44.0 Å². The van der Waals surface area contributed by atoms with Gasteiger partial charge in [0.2, 0.25) is 0 Å². The van der Waals surface area contributed by atoms with E-state index in [4.69, 9.17) is 19.0 Å². The summed E-state index contributed by atoms with van der Waals surface area (Å²) < 4.78 is 18.1. The van der Waals surface area contributed by atoms with Crippen molar-refractivity contribution < 1.29 is 57.9 Å². The summed E-state index contributed by atoms with van der Waals surface area (Å²) in [4.78, 5) is 37.1. The lowest BCUT2D eigenvalue weighted by atomic mass is 10.00. The van der Waals surface area contributed by atoms with Gasteiger partial charge in [0, 0.05) is 0 Å². The molecule has 0 spiro atoms. The van der Waals surface area contributed by atoms with Gasteiger partial charge in [-0.2, -0.15) is 0 Å². The minimum Gasteiger partial charge on any atom is -0.387 e. The third-order valence-corrected chi connectivity index (χ3v) is 9.02. The minimum atomic E-state index is -4.45. The smallest absolute Gasteiger partial charge is 0.339 e. The van der Waals surface area contributed by atoms with Gasteiger partial charge in [-0.3, -0.25) is 0 Å². The van der Waals surface area contributed by atoms with Gasteiger partial charge in [0.15, 0.2) is 6.29 Å². The number of ether oxygens (including phenoxy) is 1. The van der Waals surface area contributed by atoms with Crippen LogP contribution in [0.3, 0.4) is 0 Å². The first-order chi connectivity index (χ1) is 10.6. The molecular weight excluding hydrogens is 453 g/mol. The van der Waals surface area contributed by atoms with Crippen molar-refractivity contribution in [2.75, 3.05) is 6.61 Å². The van der Waals surface area contributed by atoms with Crippen LogP contribution in [0.2, 0.25) is 0 Å². The number of rotatable bonds is 7. The molecule has 1 heterocycles. The van der Waals surface area contributed by atoms with Crippen molar-refractivity contribution in [3.63, 3.8) is 0 Å². The van der Waals surface area contributed by atoms with Crippen LogP contribution in [0, 0.1) is 0 Å². The molecule has 3 unspecified atom stereocenters. The highest BCUT2D eigenvalue weighted by Crippen LogP contribution is 2.66. The predicted molar refractivity (Wildman–Crippen MR) is 88.8 cm³/mol. The maximum absolute atomic E-state index is 9.75. The topological polar surface area (TPSA) is 199 Å². The molecule has 12 nitrogen and oxygen atoms in total. The molecule has 144 valence electrons. The zero-order chi connectivity index (χ0) is 18.9. The highest BCUT2D eigenvalue weighted by Gasteiger charge is 2.44. The molecule has 1 fully saturated rings. The highest BCUT2D eigenvalue weighted by molar-refractivity contribution is 8.17. The third kappa shape index (κ3) is 7.61. The van der Waals surface area contributed by atoms with Gasteiger partial charge in [-0.1, -0.05) is 0 Å². The summed E-state index contributed by atoms with van der Waals surface area (Å²) in [5.41, 5.74) is 0. The van der Waals surface area contributed by atoms with Crippen LogP contribution in [-0.4, -0.2) is 77.3 Å². The van der Waals surface area contributed by atoms with Gasteiger partial charge in [-0.15, -0.1) is 0 Å². The first-order valence-electron chi connectivity index (χ1n) is 5.80. The second kappa shape index (κ2) is 8.65. The Morgan fingerprint density at radius 1 is 0.792 bits per heavy atom. The van der Waals surface area contributed by atoms with Crippen LogP contribution in [0.1, 0.15) is 0 Å². The third-order valence-electron chi connectivity index (χ3n) is 2.50. The van der Waals surface area contributed by atoms with Crippen molar-refractivity contribution in [2.24, 2.45) is 0 Å². The van der Waals surface area contributed by atoms with E-state index in [1.807, 2.05) is 0 Å². The summed E-state index contributed by atoms with van der Waals surface area (Å²) >= 11 is 13.0. The van der Waals surface area contributed by atoms with Gasteiger partial charge in [0.05, 0.1) is 6.61 Å². The Balaban J connectivity index is 2.67. The Bertz CT molecular complexity index is 582. The SMILES string of the molecule is OC1O[C@H](COP(O)(=S)OP(O)(=S)OP(O)(O)=S)[C@@H](O)[C@H](O)[C@@H]1O.